The van der Waals surface area contributed by atoms with E-state index in [1.807, 2.05) is 37.2 Å². The molecule has 2 aromatic carbocycles. The summed E-state index contributed by atoms with van der Waals surface area (Å²) >= 11 is 0. The maximum absolute atomic E-state index is 11.5. The van der Waals surface area contributed by atoms with E-state index in [0.29, 0.717) is 23.0 Å². The highest BCUT2D eigenvalue weighted by Crippen LogP contribution is 2.42. The molecule has 0 atom stereocenters. The van der Waals surface area contributed by atoms with Crippen LogP contribution in [0.15, 0.2) is 30.3 Å². The minimum atomic E-state index is -0.918. The summed E-state index contributed by atoms with van der Waals surface area (Å²) in [5.41, 5.74) is 3.10. The molecule has 5 rings (SSSR count). The van der Waals surface area contributed by atoms with E-state index in [0.717, 1.165) is 72.9 Å². The van der Waals surface area contributed by atoms with Crippen LogP contribution in [0.2, 0.25) is 0 Å². The summed E-state index contributed by atoms with van der Waals surface area (Å²) in [6, 6.07) is 9.24. The molecule has 1 N–H and O–H groups in total. The van der Waals surface area contributed by atoms with Crippen molar-refractivity contribution in [1.29, 1.82) is 0 Å². The van der Waals surface area contributed by atoms with Gasteiger partial charge in [0, 0.05) is 57.6 Å². The molecular weight excluding hydrogens is 446 g/mol. The van der Waals surface area contributed by atoms with E-state index in [9.17, 15) is 9.90 Å². The summed E-state index contributed by atoms with van der Waals surface area (Å²) in [4.78, 5) is 27.9. The Morgan fingerprint density at radius 1 is 0.971 bits per heavy atom. The highest BCUT2D eigenvalue weighted by atomic mass is 16.5. The second-order valence-electron chi connectivity index (χ2n) is 9.28. The van der Waals surface area contributed by atoms with Crippen molar-refractivity contribution in [2.45, 2.75) is 18.8 Å². The first-order valence-electron chi connectivity index (χ1n) is 11.9. The van der Waals surface area contributed by atoms with Gasteiger partial charge in [0.1, 0.15) is 11.6 Å². The standard InChI is InChI=1S/C26H31N5O4/c1-29(2)21-13-17(26(32)33)7-8-20(21)30-9-11-31(12-10-30)25-18-14-22(34-3)23(35-4)15-19(18)27-24(28-25)16-5-6-16/h7-8,13-16H,5-6,9-12H2,1-4H3,(H,32,33). The maximum atomic E-state index is 11.5. The van der Waals surface area contributed by atoms with E-state index < -0.39 is 5.97 Å². The molecule has 9 heteroatoms. The highest BCUT2D eigenvalue weighted by Gasteiger charge is 2.30. The van der Waals surface area contributed by atoms with E-state index in [1.165, 1.54) is 0 Å². The number of aromatic carboxylic acids is 1. The Bertz CT molecular complexity index is 1270. The van der Waals surface area contributed by atoms with Crippen molar-refractivity contribution in [3.63, 3.8) is 0 Å². The van der Waals surface area contributed by atoms with Gasteiger partial charge in [-0.2, -0.15) is 0 Å². The Hall–Kier alpha value is -3.75. The summed E-state index contributed by atoms with van der Waals surface area (Å²) in [6.07, 6.45) is 2.26. The normalized spacial score (nSPS) is 15.9. The first kappa shape index (κ1) is 23.0. The fourth-order valence-corrected chi connectivity index (χ4v) is 4.66. The van der Waals surface area contributed by atoms with Crippen LogP contribution in [0, 0.1) is 0 Å². The number of rotatable bonds is 7. The van der Waals surface area contributed by atoms with Crippen molar-refractivity contribution in [2.24, 2.45) is 0 Å². The first-order valence-corrected chi connectivity index (χ1v) is 11.9. The lowest BCUT2D eigenvalue weighted by molar-refractivity contribution is 0.0697. The van der Waals surface area contributed by atoms with Gasteiger partial charge in [-0.15, -0.1) is 0 Å². The lowest BCUT2D eigenvalue weighted by atomic mass is 10.1. The molecule has 35 heavy (non-hydrogen) atoms. The topological polar surface area (TPSA) is 91.3 Å². The van der Waals surface area contributed by atoms with Crippen LogP contribution in [0.3, 0.4) is 0 Å². The summed E-state index contributed by atoms with van der Waals surface area (Å²) < 4.78 is 11.1. The third-order valence-corrected chi connectivity index (χ3v) is 6.76. The van der Waals surface area contributed by atoms with E-state index in [2.05, 4.69) is 9.80 Å². The fraction of sp³-hybridized carbons (Fsp3) is 0.423. The number of ether oxygens (including phenoxy) is 2. The molecule has 184 valence electrons. The van der Waals surface area contributed by atoms with Gasteiger partial charge in [0.15, 0.2) is 11.5 Å². The van der Waals surface area contributed by atoms with Crippen LogP contribution in [0.1, 0.15) is 34.9 Å². The van der Waals surface area contributed by atoms with Crippen LogP contribution in [0.4, 0.5) is 17.2 Å². The SMILES string of the molecule is COc1cc2nc(C3CC3)nc(N3CCN(c4ccc(C(=O)O)cc4N(C)C)CC3)c2cc1OC. The molecule has 0 spiro atoms. The molecule has 1 saturated carbocycles. The van der Waals surface area contributed by atoms with Crippen LogP contribution in [-0.4, -0.2) is 75.5 Å². The zero-order valence-electron chi connectivity index (χ0n) is 20.6. The van der Waals surface area contributed by atoms with Gasteiger partial charge >= 0.3 is 5.97 Å². The number of methoxy groups -OCH3 is 2. The number of hydrogen-bond acceptors (Lipinski definition) is 8. The van der Waals surface area contributed by atoms with Crippen molar-refractivity contribution in [1.82, 2.24) is 9.97 Å². The number of carboxylic acids is 1. The Kier molecular flexibility index (Phi) is 6.00. The third kappa shape index (κ3) is 4.38. The van der Waals surface area contributed by atoms with Gasteiger partial charge in [0.25, 0.3) is 0 Å². The highest BCUT2D eigenvalue weighted by molar-refractivity contribution is 5.93. The van der Waals surface area contributed by atoms with Crippen LogP contribution in [0.5, 0.6) is 11.5 Å². The van der Waals surface area contributed by atoms with Crippen LogP contribution in [-0.2, 0) is 0 Å². The molecule has 9 nitrogen and oxygen atoms in total. The molecule has 2 aliphatic rings. The lowest BCUT2D eigenvalue weighted by Crippen LogP contribution is -2.47. The number of carbonyl (C=O) groups is 1. The minimum absolute atomic E-state index is 0.292. The summed E-state index contributed by atoms with van der Waals surface area (Å²) in [5, 5.41) is 10.4. The van der Waals surface area contributed by atoms with Gasteiger partial charge in [-0.1, -0.05) is 0 Å². The molecule has 1 aliphatic heterocycles. The fourth-order valence-electron chi connectivity index (χ4n) is 4.66. The summed E-state index contributed by atoms with van der Waals surface area (Å²) in [6.45, 7) is 3.17. The zero-order valence-corrected chi connectivity index (χ0v) is 20.6. The smallest absolute Gasteiger partial charge is 0.335 e. The largest absolute Gasteiger partial charge is 0.493 e. The van der Waals surface area contributed by atoms with Gasteiger partial charge in [-0.3, -0.25) is 0 Å². The van der Waals surface area contributed by atoms with Gasteiger partial charge in [-0.05, 0) is 37.1 Å². The monoisotopic (exact) mass is 477 g/mol. The molecule has 0 bridgehead atoms. The molecule has 0 amide bonds. The molecule has 0 radical (unpaired) electrons. The Balaban J connectivity index is 1.46. The van der Waals surface area contributed by atoms with Crippen LogP contribution >= 0.6 is 0 Å². The lowest BCUT2D eigenvalue weighted by Gasteiger charge is -2.38. The van der Waals surface area contributed by atoms with E-state index in [4.69, 9.17) is 19.4 Å². The number of benzene rings is 2. The van der Waals surface area contributed by atoms with E-state index in [1.54, 1.807) is 26.4 Å². The van der Waals surface area contributed by atoms with Crippen molar-refractivity contribution in [2.75, 3.05) is 69.2 Å². The predicted molar refractivity (Wildman–Crippen MR) is 137 cm³/mol. The van der Waals surface area contributed by atoms with Crippen molar-refractivity contribution in [3.05, 3.63) is 41.7 Å². The second-order valence-corrected chi connectivity index (χ2v) is 9.28. The first-order chi connectivity index (χ1) is 16.9. The quantitative estimate of drug-likeness (QED) is 0.548. The number of aromatic nitrogens is 2. The second kappa shape index (κ2) is 9.13. The van der Waals surface area contributed by atoms with E-state index in [-0.39, 0.29) is 0 Å². The Morgan fingerprint density at radius 3 is 2.23 bits per heavy atom. The molecule has 1 aromatic heterocycles. The molecular formula is C26H31N5O4. The van der Waals surface area contributed by atoms with Crippen molar-refractivity contribution < 1.29 is 19.4 Å². The summed E-state index contributed by atoms with van der Waals surface area (Å²) in [7, 11) is 7.15. The Labute approximate surface area is 204 Å². The molecule has 1 aliphatic carbocycles. The van der Waals surface area contributed by atoms with Crippen LogP contribution in [0.25, 0.3) is 10.9 Å². The molecule has 3 aromatic rings. The van der Waals surface area contributed by atoms with Crippen molar-refractivity contribution in [3.8, 4) is 11.5 Å². The average Bonchev–Trinajstić information content (AvgIpc) is 3.72. The molecule has 2 heterocycles. The Morgan fingerprint density at radius 2 is 1.63 bits per heavy atom. The van der Waals surface area contributed by atoms with Gasteiger partial charge < -0.3 is 29.3 Å². The number of piperazine rings is 1. The number of anilines is 3. The molecule has 2 fully saturated rings. The number of hydrogen-bond donors (Lipinski definition) is 1. The minimum Gasteiger partial charge on any atom is -0.493 e. The van der Waals surface area contributed by atoms with Gasteiger partial charge in [0.2, 0.25) is 0 Å². The summed E-state index contributed by atoms with van der Waals surface area (Å²) in [5.74, 6) is 2.68. The number of nitrogens with zero attached hydrogens (tertiary/aromatic N) is 5. The maximum Gasteiger partial charge on any atom is 0.335 e. The number of fused-ring (bicyclic) bond motifs is 1. The van der Waals surface area contributed by atoms with Crippen molar-refractivity contribution >= 4 is 34.1 Å². The number of carboxylic acid groups (broad SMARTS) is 1. The van der Waals surface area contributed by atoms with E-state index >= 15 is 0 Å². The van der Waals surface area contributed by atoms with Gasteiger partial charge in [0.05, 0.1) is 36.7 Å². The average molecular weight is 478 g/mol. The third-order valence-electron chi connectivity index (χ3n) is 6.76. The zero-order chi connectivity index (χ0) is 24.7. The molecule has 0 unspecified atom stereocenters. The van der Waals surface area contributed by atoms with Crippen LogP contribution < -0.4 is 24.2 Å². The molecule has 1 saturated heterocycles. The van der Waals surface area contributed by atoms with Gasteiger partial charge in [-0.25, -0.2) is 14.8 Å². The predicted octanol–water partition coefficient (Wildman–Crippen LogP) is 3.62.